The Bertz CT molecular complexity index is 410. The van der Waals surface area contributed by atoms with Gasteiger partial charge in [-0.05, 0) is 28.1 Å². The smallest absolute Gasteiger partial charge is 0.308 e. The number of esters is 1. The van der Waals surface area contributed by atoms with Crippen LogP contribution < -0.4 is 4.90 Å². The summed E-state index contributed by atoms with van der Waals surface area (Å²) in [5.74, 6) is 0.655. The van der Waals surface area contributed by atoms with Crippen molar-refractivity contribution in [3.63, 3.8) is 0 Å². The summed E-state index contributed by atoms with van der Waals surface area (Å²) < 4.78 is 11.1. The molecular formula is C12H15BrN2O3. The first-order valence-corrected chi connectivity index (χ1v) is 6.53. The molecule has 0 N–H and O–H groups in total. The minimum absolute atomic E-state index is 0.128. The van der Waals surface area contributed by atoms with Crippen molar-refractivity contribution in [2.24, 2.45) is 0 Å². The number of carbonyl (C=O) groups is 1. The topological polar surface area (TPSA) is 51.7 Å². The fourth-order valence-corrected chi connectivity index (χ4v) is 2.11. The van der Waals surface area contributed by atoms with E-state index in [9.17, 15) is 4.79 Å². The third kappa shape index (κ3) is 3.43. The molecule has 0 saturated carbocycles. The van der Waals surface area contributed by atoms with Gasteiger partial charge in [0.05, 0.1) is 26.2 Å². The predicted molar refractivity (Wildman–Crippen MR) is 70.5 cm³/mol. The van der Waals surface area contributed by atoms with Crippen molar-refractivity contribution < 1.29 is 14.3 Å². The minimum Gasteiger partial charge on any atom is -0.469 e. The van der Waals surface area contributed by atoms with Gasteiger partial charge >= 0.3 is 5.97 Å². The molecule has 98 valence electrons. The highest BCUT2D eigenvalue weighted by Gasteiger charge is 2.23. The summed E-state index contributed by atoms with van der Waals surface area (Å²) in [6.45, 7) is 2.04. The largest absolute Gasteiger partial charge is 0.469 e. The molecule has 0 bridgehead atoms. The molecule has 1 aliphatic heterocycles. The van der Waals surface area contributed by atoms with E-state index in [4.69, 9.17) is 4.74 Å². The van der Waals surface area contributed by atoms with E-state index in [2.05, 4.69) is 30.6 Å². The number of methoxy groups -OCH3 is 1. The zero-order valence-electron chi connectivity index (χ0n) is 10.1. The van der Waals surface area contributed by atoms with E-state index in [1.165, 1.54) is 7.11 Å². The summed E-state index contributed by atoms with van der Waals surface area (Å²) in [5.41, 5.74) is 0. The van der Waals surface area contributed by atoms with Crippen LogP contribution in [0, 0.1) is 0 Å². The molecule has 18 heavy (non-hydrogen) atoms. The van der Waals surface area contributed by atoms with Crippen LogP contribution in [0.5, 0.6) is 0 Å². The van der Waals surface area contributed by atoms with E-state index >= 15 is 0 Å². The lowest BCUT2D eigenvalue weighted by Gasteiger charge is -2.33. The Labute approximate surface area is 114 Å². The van der Waals surface area contributed by atoms with Gasteiger partial charge in [-0.25, -0.2) is 4.98 Å². The van der Waals surface area contributed by atoms with Gasteiger partial charge in [0, 0.05) is 23.8 Å². The van der Waals surface area contributed by atoms with Gasteiger partial charge in [0.25, 0.3) is 0 Å². The number of rotatable bonds is 3. The van der Waals surface area contributed by atoms with Gasteiger partial charge in [-0.2, -0.15) is 0 Å². The summed E-state index contributed by atoms with van der Waals surface area (Å²) in [4.78, 5) is 17.7. The van der Waals surface area contributed by atoms with E-state index < -0.39 is 0 Å². The Morgan fingerprint density at radius 1 is 1.67 bits per heavy atom. The second-order valence-electron chi connectivity index (χ2n) is 4.05. The molecule has 0 aliphatic carbocycles. The molecule has 1 fully saturated rings. The van der Waals surface area contributed by atoms with Crippen molar-refractivity contribution in [2.45, 2.75) is 12.5 Å². The number of anilines is 1. The number of hydrogen-bond donors (Lipinski definition) is 0. The van der Waals surface area contributed by atoms with Crippen molar-refractivity contribution in [1.82, 2.24) is 4.98 Å². The van der Waals surface area contributed by atoms with E-state index in [0.717, 1.165) is 16.8 Å². The first kappa shape index (κ1) is 13.3. The zero-order valence-corrected chi connectivity index (χ0v) is 11.7. The van der Waals surface area contributed by atoms with Crippen LogP contribution in [0.3, 0.4) is 0 Å². The number of halogens is 1. The minimum atomic E-state index is -0.245. The van der Waals surface area contributed by atoms with Crippen LogP contribution in [0.4, 0.5) is 5.82 Å². The molecule has 1 aliphatic rings. The quantitative estimate of drug-likeness (QED) is 0.793. The number of morpholine rings is 1. The van der Waals surface area contributed by atoms with Gasteiger partial charge < -0.3 is 14.4 Å². The van der Waals surface area contributed by atoms with Crippen molar-refractivity contribution in [1.29, 1.82) is 0 Å². The maximum atomic E-state index is 11.2. The summed E-state index contributed by atoms with van der Waals surface area (Å²) in [6, 6.07) is 3.90. The fraction of sp³-hybridized carbons (Fsp3) is 0.500. The van der Waals surface area contributed by atoms with Crippen molar-refractivity contribution in [3.05, 3.63) is 22.8 Å². The third-order valence-electron chi connectivity index (χ3n) is 2.80. The molecule has 0 amide bonds. The Hall–Kier alpha value is -1.14. The molecule has 1 atom stereocenters. The van der Waals surface area contributed by atoms with Crippen LogP contribution in [-0.4, -0.2) is 43.9 Å². The van der Waals surface area contributed by atoms with Crippen LogP contribution in [0.1, 0.15) is 6.42 Å². The van der Waals surface area contributed by atoms with Crippen LogP contribution in [0.25, 0.3) is 0 Å². The molecule has 2 heterocycles. The molecule has 1 aromatic rings. The summed E-state index contributed by atoms with van der Waals surface area (Å²) in [7, 11) is 1.39. The van der Waals surface area contributed by atoms with Gasteiger partial charge in [0.15, 0.2) is 0 Å². The fourth-order valence-electron chi connectivity index (χ4n) is 1.88. The highest BCUT2D eigenvalue weighted by atomic mass is 79.9. The summed E-state index contributed by atoms with van der Waals surface area (Å²) >= 11 is 3.36. The molecule has 2 rings (SSSR count). The van der Waals surface area contributed by atoms with E-state index in [1.54, 1.807) is 6.20 Å². The molecule has 1 aromatic heterocycles. The highest BCUT2D eigenvalue weighted by molar-refractivity contribution is 9.10. The lowest BCUT2D eigenvalue weighted by molar-refractivity contribution is -0.144. The Morgan fingerprint density at radius 2 is 2.50 bits per heavy atom. The van der Waals surface area contributed by atoms with Crippen LogP contribution in [-0.2, 0) is 14.3 Å². The maximum Gasteiger partial charge on any atom is 0.308 e. The standard InChI is InChI=1S/C12H15BrN2O3/c1-17-12(16)6-10-8-15(4-5-18-10)11-3-2-9(13)7-14-11/h2-3,7,10H,4-6,8H2,1H3/t10-/m1/s1. The van der Waals surface area contributed by atoms with Crippen molar-refractivity contribution in [3.8, 4) is 0 Å². The van der Waals surface area contributed by atoms with E-state index in [1.807, 2.05) is 12.1 Å². The average Bonchev–Trinajstić information content (AvgIpc) is 2.40. The molecule has 0 radical (unpaired) electrons. The number of aromatic nitrogens is 1. The number of carbonyl (C=O) groups excluding carboxylic acids is 1. The molecule has 5 nitrogen and oxygen atoms in total. The van der Waals surface area contributed by atoms with Crippen LogP contribution >= 0.6 is 15.9 Å². The van der Waals surface area contributed by atoms with Gasteiger partial charge in [0.1, 0.15) is 5.82 Å². The van der Waals surface area contributed by atoms with Crippen molar-refractivity contribution >= 4 is 27.7 Å². The van der Waals surface area contributed by atoms with Gasteiger partial charge in [0.2, 0.25) is 0 Å². The number of ether oxygens (including phenoxy) is 2. The first-order chi connectivity index (χ1) is 8.69. The first-order valence-electron chi connectivity index (χ1n) is 5.74. The van der Waals surface area contributed by atoms with Gasteiger partial charge in [-0.15, -0.1) is 0 Å². The third-order valence-corrected chi connectivity index (χ3v) is 3.27. The van der Waals surface area contributed by atoms with Gasteiger partial charge in [-0.1, -0.05) is 0 Å². The summed E-state index contributed by atoms with van der Waals surface area (Å²) in [5, 5.41) is 0. The van der Waals surface area contributed by atoms with Gasteiger partial charge in [-0.3, -0.25) is 4.79 Å². The normalized spacial score (nSPS) is 19.7. The molecular weight excluding hydrogens is 300 g/mol. The second kappa shape index (κ2) is 6.15. The average molecular weight is 315 g/mol. The summed E-state index contributed by atoms with van der Waals surface area (Å²) in [6.07, 6.45) is 1.92. The molecule has 6 heteroatoms. The maximum absolute atomic E-state index is 11.2. The Kier molecular flexibility index (Phi) is 4.54. The number of hydrogen-bond acceptors (Lipinski definition) is 5. The number of pyridine rings is 1. The highest BCUT2D eigenvalue weighted by Crippen LogP contribution is 2.18. The molecule has 0 aromatic carbocycles. The Morgan fingerprint density at radius 3 is 3.17 bits per heavy atom. The number of nitrogens with zero attached hydrogens (tertiary/aromatic N) is 2. The lowest BCUT2D eigenvalue weighted by atomic mass is 10.2. The molecule has 0 spiro atoms. The predicted octanol–water partition coefficient (Wildman–Crippen LogP) is 1.61. The van der Waals surface area contributed by atoms with Crippen LogP contribution in [0.2, 0.25) is 0 Å². The second-order valence-corrected chi connectivity index (χ2v) is 4.97. The van der Waals surface area contributed by atoms with Crippen LogP contribution in [0.15, 0.2) is 22.8 Å². The zero-order chi connectivity index (χ0) is 13.0. The SMILES string of the molecule is COC(=O)C[C@@H]1CN(c2ccc(Br)cn2)CCO1. The monoisotopic (exact) mass is 314 g/mol. The van der Waals surface area contributed by atoms with E-state index in [-0.39, 0.29) is 18.5 Å². The van der Waals surface area contributed by atoms with E-state index in [0.29, 0.717) is 13.2 Å². The lowest BCUT2D eigenvalue weighted by Crippen LogP contribution is -2.43. The molecule has 0 unspecified atom stereocenters. The Balaban J connectivity index is 1.98. The van der Waals surface area contributed by atoms with Crippen molar-refractivity contribution in [2.75, 3.05) is 31.7 Å². The molecule has 1 saturated heterocycles.